The van der Waals surface area contributed by atoms with Gasteiger partial charge in [-0.25, -0.2) is 4.68 Å². The van der Waals surface area contributed by atoms with Crippen molar-refractivity contribution in [3.8, 4) is 0 Å². The monoisotopic (exact) mass is 275 g/mol. The van der Waals surface area contributed by atoms with Gasteiger partial charge in [0.15, 0.2) is 0 Å². The molecule has 0 aliphatic rings. The Balaban J connectivity index is 2.22. The molecule has 1 heterocycles. The third-order valence-electron chi connectivity index (χ3n) is 2.07. The minimum atomic E-state index is 0.0588. The number of nitrogens with zero attached hydrogens (tertiary/aromatic N) is 4. The average Bonchev–Trinajstić information content (AvgIpc) is 2.76. The minimum absolute atomic E-state index is 0.0588. The number of aliphatic hydroxyl groups excluding tert-OH is 1. The van der Waals surface area contributed by atoms with E-state index in [0.29, 0.717) is 19.3 Å². The highest BCUT2D eigenvalue weighted by Crippen LogP contribution is 2.12. The Kier molecular flexibility index (Phi) is 7.90. The summed E-state index contributed by atoms with van der Waals surface area (Å²) in [7, 11) is 0. The lowest BCUT2D eigenvalue weighted by atomic mass is 10.4. The van der Waals surface area contributed by atoms with E-state index >= 15 is 0 Å². The van der Waals surface area contributed by atoms with Crippen molar-refractivity contribution in [2.24, 2.45) is 0 Å². The molecule has 0 spiro atoms. The van der Waals surface area contributed by atoms with Gasteiger partial charge in [0.1, 0.15) is 0 Å². The van der Waals surface area contributed by atoms with Crippen molar-refractivity contribution in [1.82, 2.24) is 25.5 Å². The van der Waals surface area contributed by atoms with Crippen LogP contribution < -0.4 is 5.32 Å². The predicted molar refractivity (Wildman–Crippen MR) is 69.6 cm³/mol. The fourth-order valence-electron chi connectivity index (χ4n) is 1.26. The quantitative estimate of drug-likeness (QED) is 0.451. The molecule has 0 radical (unpaired) electrons. The van der Waals surface area contributed by atoms with Crippen LogP contribution in [-0.4, -0.2) is 63.5 Å². The lowest BCUT2D eigenvalue weighted by molar-refractivity contribution is 0.103. The Hall–Kier alpha value is -0.700. The molecule has 0 saturated carbocycles. The van der Waals surface area contributed by atoms with Gasteiger partial charge in [-0.2, -0.15) is 0 Å². The van der Waals surface area contributed by atoms with Crippen LogP contribution in [0.4, 0.5) is 0 Å². The van der Waals surface area contributed by atoms with E-state index in [1.54, 1.807) is 16.4 Å². The van der Waals surface area contributed by atoms with Crippen molar-refractivity contribution in [2.75, 3.05) is 32.1 Å². The molecule has 0 unspecified atom stereocenters. The summed E-state index contributed by atoms with van der Waals surface area (Å²) < 4.78 is 6.96. The maximum Gasteiger partial charge on any atom is 0.209 e. The zero-order valence-electron chi connectivity index (χ0n) is 10.9. The molecule has 2 N–H and O–H groups in total. The smallest absolute Gasteiger partial charge is 0.209 e. The minimum Gasteiger partial charge on any atom is -0.394 e. The third-order valence-corrected chi connectivity index (χ3v) is 2.99. The van der Waals surface area contributed by atoms with Crippen LogP contribution in [0.2, 0.25) is 0 Å². The molecule has 18 heavy (non-hydrogen) atoms. The van der Waals surface area contributed by atoms with Crippen LogP contribution in [0.1, 0.15) is 13.8 Å². The highest BCUT2D eigenvalue weighted by atomic mass is 32.2. The maximum absolute atomic E-state index is 8.56. The summed E-state index contributed by atoms with van der Waals surface area (Å²) in [4.78, 5) is 0. The summed E-state index contributed by atoms with van der Waals surface area (Å²) in [6.07, 6.45) is 0. The van der Waals surface area contributed by atoms with Gasteiger partial charge < -0.3 is 15.2 Å². The first-order chi connectivity index (χ1) is 8.74. The molecule has 1 aromatic heterocycles. The number of nitrogens with one attached hydrogen (secondary N) is 1. The van der Waals surface area contributed by atoms with Gasteiger partial charge in [-0.3, -0.25) is 0 Å². The van der Waals surface area contributed by atoms with Gasteiger partial charge in [-0.1, -0.05) is 25.6 Å². The molecule has 1 aromatic rings. The van der Waals surface area contributed by atoms with E-state index < -0.39 is 0 Å². The van der Waals surface area contributed by atoms with Crippen LogP contribution in [0.15, 0.2) is 5.16 Å². The number of hydrogen-bond donors (Lipinski definition) is 2. The molecule has 0 bridgehead atoms. The fraction of sp³-hybridized carbons (Fsp3) is 0.900. The van der Waals surface area contributed by atoms with Gasteiger partial charge >= 0.3 is 0 Å². The van der Waals surface area contributed by atoms with Crippen molar-refractivity contribution < 1.29 is 9.84 Å². The van der Waals surface area contributed by atoms with Crippen molar-refractivity contribution in [1.29, 1.82) is 0 Å². The Morgan fingerprint density at radius 3 is 3.00 bits per heavy atom. The summed E-state index contributed by atoms with van der Waals surface area (Å²) >= 11 is 1.56. The van der Waals surface area contributed by atoms with E-state index in [2.05, 4.69) is 34.7 Å². The number of thioether (sulfide) groups is 1. The van der Waals surface area contributed by atoms with Crippen molar-refractivity contribution >= 4 is 11.8 Å². The topological polar surface area (TPSA) is 85.1 Å². The summed E-state index contributed by atoms with van der Waals surface area (Å²) in [6, 6.07) is 0.462. The lowest BCUT2D eigenvalue weighted by Gasteiger charge is -2.08. The average molecular weight is 275 g/mol. The summed E-state index contributed by atoms with van der Waals surface area (Å²) in [5, 5.41) is 24.3. The van der Waals surface area contributed by atoms with E-state index in [1.807, 2.05) is 0 Å². The van der Waals surface area contributed by atoms with Gasteiger partial charge in [-0.05, 0) is 10.4 Å². The second kappa shape index (κ2) is 9.26. The van der Waals surface area contributed by atoms with E-state index in [4.69, 9.17) is 9.84 Å². The number of ether oxygens (including phenoxy) is 1. The number of aliphatic hydroxyl groups is 1. The Bertz CT molecular complexity index is 321. The molecule has 0 fully saturated rings. The zero-order chi connectivity index (χ0) is 13.2. The summed E-state index contributed by atoms with van der Waals surface area (Å²) in [5.41, 5.74) is 0. The van der Waals surface area contributed by atoms with Crippen LogP contribution in [0, 0.1) is 0 Å². The number of hydrogen-bond acceptors (Lipinski definition) is 7. The van der Waals surface area contributed by atoms with Gasteiger partial charge in [0.25, 0.3) is 0 Å². The van der Waals surface area contributed by atoms with Gasteiger partial charge in [0.2, 0.25) is 5.16 Å². The molecule has 8 heteroatoms. The van der Waals surface area contributed by atoms with Gasteiger partial charge in [0.05, 0.1) is 26.4 Å². The SMILES string of the molecule is CC(C)NCCn1nnnc1SCCOCCO. The van der Waals surface area contributed by atoms with Crippen molar-refractivity contribution in [3.63, 3.8) is 0 Å². The van der Waals surface area contributed by atoms with Crippen LogP contribution >= 0.6 is 11.8 Å². The molecule has 1 rings (SSSR count). The van der Waals surface area contributed by atoms with Crippen molar-refractivity contribution in [3.05, 3.63) is 0 Å². The molecule has 0 saturated heterocycles. The molecule has 0 amide bonds. The Morgan fingerprint density at radius 1 is 1.44 bits per heavy atom. The number of aromatic nitrogens is 4. The largest absolute Gasteiger partial charge is 0.394 e. The van der Waals surface area contributed by atoms with Crippen LogP contribution in [0.3, 0.4) is 0 Å². The molecule has 7 nitrogen and oxygen atoms in total. The Morgan fingerprint density at radius 2 is 2.28 bits per heavy atom. The first-order valence-electron chi connectivity index (χ1n) is 6.05. The first-order valence-corrected chi connectivity index (χ1v) is 7.03. The Labute approximate surface area is 111 Å². The van der Waals surface area contributed by atoms with Crippen LogP contribution in [0.5, 0.6) is 0 Å². The molecular weight excluding hydrogens is 254 g/mol. The van der Waals surface area contributed by atoms with Gasteiger partial charge in [-0.15, -0.1) is 5.10 Å². The normalized spacial score (nSPS) is 11.3. The van der Waals surface area contributed by atoms with E-state index in [0.717, 1.165) is 24.0 Å². The lowest BCUT2D eigenvalue weighted by Crippen LogP contribution is -2.27. The number of tetrazole rings is 1. The summed E-state index contributed by atoms with van der Waals surface area (Å²) in [5.74, 6) is 0.776. The molecule has 0 aliphatic heterocycles. The second-order valence-electron chi connectivity index (χ2n) is 3.98. The molecule has 0 atom stereocenters. The third kappa shape index (κ3) is 6.29. The highest BCUT2D eigenvalue weighted by Gasteiger charge is 2.06. The maximum atomic E-state index is 8.56. The van der Waals surface area contributed by atoms with E-state index in [9.17, 15) is 0 Å². The molecular formula is C10H21N5O2S. The molecule has 0 aromatic carbocycles. The zero-order valence-corrected chi connectivity index (χ0v) is 11.7. The van der Waals surface area contributed by atoms with Gasteiger partial charge in [0, 0.05) is 18.3 Å². The van der Waals surface area contributed by atoms with Crippen LogP contribution in [0.25, 0.3) is 0 Å². The summed E-state index contributed by atoms with van der Waals surface area (Å²) in [6.45, 7) is 6.83. The van der Waals surface area contributed by atoms with Crippen molar-refractivity contribution in [2.45, 2.75) is 31.6 Å². The first kappa shape index (κ1) is 15.4. The molecule has 104 valence electrons. The van der Waals surface area contributed by atoms with E-state index in [1.165, 1.54) is 0 Å². The standard InChI is InChI=1S/C10H21N5O2S/c1-9(2)11-3-4-15-10(12-13-14-15)18-8-7-17-6-5-16/h9,11,16H,3-8H2,1-2H3. The van der Waals surface area contributed by atoms with Crippen LogP contribution in [-0.2, 0) is 11.3 Å². The molecule has 0 aliphatic carbocycles. The van der Waals surface area contributed by atoms with E-state index in [-0.39, 0.29) is 6.61 Å². The fourth-order valence-corrected chi connectivity index (χ4v) is 2.01. The predicted octanol–water partition coefficient (Wildman–Crippen LogP) is -0.228. The highest BCUT2D eigenvalue weighted by molar-refractivity contribution is 7.99. The number of rotatable bonds is 10. The second-order valence-corrected chi connectivity index (χ2v) is 5.04.